The van der Waals surface area contributed by atoms with Crippen LogP contribution in [0.15, 0.2) is 48.7 Å². The van der Waals surface area contributed by atoms with E-state index in [2.05, 4.69) is 16.4 Å². The lowest BCUT2D eigenvalue weighted by molar-refractivity contribution is -0.155. The highest BCUT2D eigenvalue weighted by Crippen LogP contribution is 2.29. The van der Waals surface area contributed by atoms with Crippen molar-refractivity contribution in [1.29, 1.82) is 5.41 Å². The van der Waals surface area contributed by atoms with Crippen molar-refractivity contribution in [3.05, 3.63) is 76.6 Å². The van der Waals surface area contributed by atoms with E-state index in [1.165, 1.54) is 6.21 Å². The molecule has 2 N–H and O–H groups in total. The van der Waals surface area contributed by atoms with Crippen molar-refractivity contribution in [2.45, 2.75) is 64.5 Å². The molecule has 0 aliphatic carbocycles. The first-order valence-corrected chi connectivity index (χ1v) is 13.5. The van der Waals surface area contributed by atoms with Gasteiger partial charge in [0.25, 0.3) is 0 Å². The van der Waals surface area contributed by atoms with Crippen LogP contribution in [-0.2, 0) is 33.6 Å². The van der Waals surface area contributed by atoms with E-state index in [0.29, 0.717) is 25.3 Å². The molecule has 9 heteroatoms. The number of carbonyl (C=O) groups is 2. The van der Waals surface area contributed by atoms with Gasteiger partial charge < -0.3 is 20.2 Å². The van der Waals surface area contributed by atoms with Crippen molar-refractivity contribution in [1.82, 2.24) is 9.97 Å². The first-order valence-electron chi connectivity index (χ1n) is 13.5. The lowest BCUT2D eigenvalue weighted by atomic mass is 9.98. The van der Waals surface area contributed by atoms with Gasteiger partial charge in [-0.1, -0.05) is 24.3 Å². The average Bonchev–Trinajstić information content (AvgIpc) is 2.94. The molecule has 4 rings (SSSR count). The first kappa shape index (κ1) is 28.7. The normalized spacial score (nSPS) is 13.7. The van der Waals surface area contributed by atoms with Crippen molar-refractivity contribution >= 4 is 30.1 Å². The van der Waals surface area contributed by atoms with Crippen LogP contribution in [0, 0.1) is 5.41 Å². The quantitative estimate of drug-likeness (QED) is 0.197. The Morgan fingerprint density at radius 3 is 2.67 bits per heavy atom. The van der Waals surface area contributed by atoms with Crippen molar-refractivity contribution < 1.29 is 19.1 Å². The molecule has 0 bridgehead atoms. The number of ether oxygens (including phenoxy) is 2. The number of hydrogen-bond acceptors (Lipinski definition) is 8. The smallest absolute Gasteiger partial charge is 0.308 e. The van der Waals surface area contributed by atoms with Crippen molar-refractivity contribution in [3.8, 4) is 5.88 Å². The molecule has 2 aromatic heterocycles. The topological polar surface area (TPSA) is 118 Å². The van der Waals surface area contributed by atoms with Gasteiger partial charge in [0.2, 0.25) is 12.3 Å². The number of methoxy groups -OCH3 is 1. The second-order valence-corrected chi connectivity index (χ2v) is 10.8. The molecule has 3 heterocycles. The van der Waals surface area contributed by atoms with Gasteiger partial charge in [0.05, 0.1) is 19.6 Å². The number of nitrogens with one attached hydrogen (secondary N) is 2. The highest BCUT2D eigenvalue weighted by molar-refractivity contribution is 5.88. The van der Waals surface area contributed by atoms with Crippen LogP contribution in [-0.4, -0.2) is 47.8 Å². The van der Waals surface area contributed by atoms with Crippen LogP contribution < -0.4 is 15.0 Å². The largest absolute Gasteiger partial charge is 0.481 e. The van der Waals surface area contributed by atoms with E-state index in [4.69, 9.17) is 19.9 Å². The summed E-state index contributed by atoms with van der Waals surface area (Å²) >= 11 is 0. The second-order valence-electron chi connectivity index (χ2n) is 10.8. The third-order valence-corrected chi connectivity index (χ3v) is 6.74. The van der Waals surface area contributed by atoms with Crippen LogP contribution in [0.4, 0.5) is 11.5 Å². The Morgan fingerprint density at radius 2 is 2.00 bits per heavy atom. The number of benzene rings is 1. The zero-order chi connectivity index (χ0) is 28.7. The second kappa shape index (κ2) is 12.7. The highest BCUT2D eigenvalue weighted by Gasteiger charge is 2.23. The zero-order valence-corrected chi connectivity index (χ0v) is 23.6. The van der Waals surface area contributed by atoms with Gasteiger partial charge in [-0.25, -0.2) is 9.97 Å². The number of fused-ring (bicyclic) bond motifs is 1. The van der Waals surface area contributed by atoms with E-state index < -0.39 is 11.6 Å². The Hall–Kier alpha value is -4.27. The van der Waals surface area contributed by atoms with Gasteiger partial charge in [-0.3, -0.25) is 14.5 Å². The molecule has 0 spiro atoms. The maximum atomic E-state index is 12.8. The summed E-state index contributed by atoms with van der Waals surface area (Å²) in [4.78, 5) is 35.1. The van der Waals surface area contributed by atoms with Gasteiger partial charge in [-0.15, -0.1) is 0 Å². The number of anilines is 2. The number of pyridine rings is 2. The number of nitrogens with zero attached hydrogens (tertiary/aromatic N) is 3. The SMILES string of the molecule is COc1ccc(C(CC(=O)OC(C)(C)C)Nc2cccc(CCc3ccc4c(n3)N(C=O)CCC4)c2C=N)cn1. The first-order chi connectivity index (χ1) is 19.2. The Balaban J connectivity index is 1.56. The van der Waals surface area contributed by atoms with Crippen molar-refractivity contribution in [2.75, 3.05) is 23.9 Å². The monoisotopic (exact) mass is 543 g/mol. The third-order valence-electron chi connectivity index (χ3n) is 6.74. The van der Waals surface area contributed by atoms with Gasteiger partial charge in [-0.05, 0) is 75.3 Å². The Morgan fingerprint density at radius 1 is 1.18 bits per heavy atom. The van der Waals surface area contributed by atoms with E-state index in [9.17, 15) is 9.59 Å². The molecular formula is C31H37N5O4. The Kier molecular flexibility index (Phi) is 9.14. The fourth-order valence-electron chi connectivity index (χ4n) is 4.85. The highest BCUT2D eigenvalue weighted by atomic mass is 16.6. The molecule has 1 amide bonds. The van der Waals surface area contributed by atoms with Crippen LogP contribution in [0.2, 0.25) is 0 Å². The molecule has 1 aliphatic heterocycles. The van der Waals surface area contributed by atoms with E-state index in [-0.39, 0.29) is 12.4 Å². The van der Waals surface area contributed by atoms with E-state index in [1.807, 2.05) is 51.1 Å². The standard InChI is InChI=1S/C31H37N5O4/c1-31(2,3)40-29(38)17-27(23-12-15-28(39-4)33-19-23)35-26-9-5-7-21(25(26)18-32)10-13-24-14-11-22-8-6-16-36(20-37)30(22)34-24/h5,7,9,11-12,14-15,18-20,27,32,35H,6,8,10,13,16-17H2,1-4H3. The maximum Gasteiger partial charge on any atom is 0.308 e. The van der Waals surface area contributed by atoms with Crippen LogP contribution in [0.1, 0.15) is 67.6 Å². The minimum Gasteiger partial charge on any atom is -0.481 e. The molecule has 0 saturated heterocycles. The molecule has 1 aliphatic rings. The van der Waals surface area contributed by atoms with Gasteiger partial charge >= 0.3 is 5.97 Å². The van der Waals surface area contributed by atoms with Crippen LogP contribution in [0.3, 0.4) is 0 Å². The molecule has 1 aromatic carbocycles. The van der Waals surface area contributed by atoms with Crippen LogP contribution in [0.25, 0.3) is 0 Å². The number of carbonyl (C=O) groups excluding carboxylic acids is 2. The molecule has 0 fully saturated rings. The molecule has 210 valence electrons. The van der Waals surface area contributed by atoms with Gasteiger partial charge in [0.1, 0.15) is 11.4 Å². The lowest BCUT2D eigenvalue weighted by Gasteiger charge is -2.25. The summed E-state index contributed by atoms with van der Waals surface area (Å²) in [6.45, 7) is 6.21. The summed E-state index contributed by atoms with van der Waals surface area (Å²) in [7, 11) is 1.55. The number of aromatic nitrogens is 2. The average molecular weight is 544 g/mol. The van der Waals surface area contributed by atoms with E-state index in [1.54, 1.807) is 24.3 Å². The summed E-state index contributed by atoms with van der Waals surface area (Å²) in [5, 5.41) is 11.7. The number of esters is 1. The number of aryl methyl sites for hydroxylation is 3. The van der Waals surface area contributed by atoms with Crippen LogP contribution in [0.5, 0.6) is 5.88 Å². The van der Waals surface area contributed by atoms with Crippen molar-refractivity contribution in [2.24, 2.45) is 0 Å². The molecule has 9 nitrogen and oxygen atoms in total. The summed E-state index contributed by atoms with van der Waals surface area (Å²) in [5.74, 6) is 0.893. The minimum absolute atomic E-state index is 0.0826. The fourth-order valence-corrected chi connectivity index (χ4v) is 4.85. The molecule has 1 unspecified atom stereocenters. The molecular weight excluding hydrogens is 506 g/mol. The van der Waals surface area contributed by atoms with E-state index >= 15 is 0 Å². The number of amides is 1. The van der Waals surface area contributed by atoms with Crippen LogP contribution >= 0.6 is 0 Å². The molecule has 1 atom stereocenters. The summed E-state index contributed by atoms with van der Waals surface area (Å²) in [6, 6.07) is 13.1. The Bertz CT molecular complexity index is 1350. The maximum absolute atomic E-state index is 12.8. The predicted octanol–water partition coefficient (Wildman–Crippen LogP) is 5.06. The summed E-state index contributed by atoms with van der Waals surface area (Å²) in [5.41, 5.74) is 4.65. The lowest BCUT2D eigenvalue weighted by Crippen LogP contribution is -2.29. The predicted molar refractivity (Wildman–Crippen MR) is 155 cm³/mol. The fraction of sp³-hybridized carbons (Fsp3) is 0.387. The molecule has 0 saturated carbocycles. The molecule has 40 heavy (non-hydrogen) atoms. The van der Waals surface area contributed by atoms with Gasteiger partial charge in [0, 0.05) is 42.0 Å². The number of hydrogen-bond donors (Lipinski definition) is 2. The van der Waals surface area contributed by atoms with Gasteiger partial charge in [-0.2, -0.15) is 0 Å². The van der Waals surface area contributed by atoms with Gasteiger partial charge in [0.15, 0.2) is 0 Å². The number of rotatable bonds is 11. The minimum atomic E-state index is -0.604. The van der Waals surface area contributed by atoms with E-state index in [0.717, 1.165) is 58.7 Å². The zero-order valence-electron chi connectivity index (χ0n) is 23.6. The van der Waals surface area contributed by atoms with Crippen molar-refractivity contribution in [3.63, 3.8) is 0 Å². The third kappa shape index (κ3) is 7.22. The molecule has 3 aromatic rings. The molecule has 0 radical (unpaired) electrons. The Labute approximate surface area is 235 Å². The summed E-state index contributed by atoms with van der Waals surface area (Å²) < 4.78 is 10.8. The summed E-state index contributed by atoms with van der Waals surface area (Å²) in [6.07, 6.45) is 7.13.